The molecule has 2 N–H and O–H groups in total. The van der Waals surface area contributed by atoms with E-state index in [1.807, 2.05) is 6.07 Å². The Labute approximate surface area is 163 Å². The number of amides is 2. The quantitative estimate of drug-likeness (QED) is 0.516. The summed E-state index contributed by atoms with van der Waals surface area (Å²) in [6.07, 6.45) is 1.22. The second kappa shape index (κ2) is 9.75. The zero-order chi connectivity index (χ0) is 19.9. The van der Waals surface area contributed by atoms with Crippen molar-refractivity contribution < 1.29 is 24.2 Å². The van der Waals surface area contributed by atoms with Crippen LogP contribution >= 0.6 is 11.8 Å². The molecule has 1 aromatic carbocycles. The van der Waals surface area contributed by atoms with Crippen molar-refractivity contribution in [3.05, 3.63) is 29.8 Å². The van der Waals surface area contributed by atoms with E-state index in [9.17, 15) is 19.5 Å². The van der Waals surface area contributed by atoms with E-state index in [0.29, 0.717) is 43.0 Å². The lowest BCUT2D eigenvalue weighted by Gasteiger charge is -2.37. The summed E-state index contributed by atoms with van der Waals surface area (Å²) in [7, 11) is 1.57. The van der Waals surface area contributed by atoms with Gasteiger partial charge in [0.1, 0.15) is 0 Å². The van der Waals surface area contributed by atoms with E-state index in [2.05, 4.69) is 5.32 Å². The molecule has 1 aliphatic rings. The van der Waals surface area contributed by atoms with Gasteiger partial charge in [-0.25, -0.2) is 0 Å². The minimum Gasteiger partial charge on any atom is -0.481 e. The smallest absolute Gasteiger partial charge is 0.311 e. The molecule has 0 radical (unpaired) electrons. The van der Waals surface area contributed by atoms with Gasteiger partial charge in [-0.3, -0.25) is 14.4 Å². The number of nitrogens with one attached hydrogen (secondary N) is 1. The minimum atomic E-state index is -0.919. The number of likely N-dealkylation sites (tertiary alicyclic amines) is 1. The first-order valence-corrected chi connectivity index (χ1v) is 9.86. The fraction of sp³-hybridized carbons (Fsp3) is 0.526. The molecule has 7 nitrogen and oxygen atoms in total. The predicted molar refractivity (Wildman–Crippen MR) is 103 cm³/mol. The van der Waals surface area contributed by atoms with Gasteiger partial charge in [-0.05, 0) is 31.9 Å². The normalized spacial score (nSPS) is 19.6. The Bertz CT molecular complexity index is 696. The maximum absolute atomic E-state index is 13.0. The van der Waals surface area contributed by atoms with E-state index >= 15 is 0 Å². The molecule has 2 amide bonds. The average molecular weight is 394 g/mol. The van der Waals surface area contributed by atoms with Crippen LogP contribution in [0.3, 0.4) is 0 Å². The molecular weight excluding hydrogens is 368 g/mol. The Kier molecular flexibility index (Phi) is 7.67. The molecule has 0 aliphatic carbocycles. The number of carboxylic acids is 1. The average Bonchev–Trinajstić information content (AvgIpc) is 2.66. The molecule has 2 rings (SSSR count). The summed E-state index contributed by atoms with van der Waals surface area (Å²) in [5.74, 6) is -1.00. The van der Waals surface area contributed by atoms with Crippen LogP contribution in [0, 0.1) is 5.41 Å². The molecule has 27 heavy (non-hydrogen) atoms. The highest BCUT2D eigenvalue weighted by Crippen LogP contribution is 2.32. The van der Waals surface area contributed by atoms with Crippen molar-refractivity contribution in [2.75, 3.05) is 39.1 Å². The van der Waals surface area contributed by atoms with Crippen LogP contribution in [0.2, 0.25) is 0 Å². The summed E-state index contributed by atoms with van der Waals surface area (Å²) >= 11 is 1.30. The number of hydrogen-bond acceptors (Lipinski definition) is 5. The van der Waals surface area contributed by atoms with E-state index in [1.54, 1.807) is 37.1 Å². The van der Waals surface area contributed by atoms with E-state index in [-0.39, 0.29) is 24.1 Å². The summed E-state index contributed by atoms with van der Waals surface area (Å²) in [6.45, 7) is 3.30. The Hall–Kier alpha value is -2.06. The number of ether oxygens (including phenoxy) is 1. The van der Waals surface area contributed by atoms with Gasteiger partial charge < -0.3 is 20.1 Å². The third-order valence-electron chi connectivity index (χ3n) is 4.60. The van der Waals surface area contributed by atoms with Crippen LogP contribution in [0.1, 0.15) is 30.1 Å². The number of carboxylic acid groups (broad SMARTS) is 1. The van der Waals surface area contributed by atoms with Gasteiger partial charge in [0.2, 0.25) is 5.91 Å². The van der Waals surface area contributed by atoms with Crippen LogP contribution in [-0.2, 0) is 14.3 Å². The summed E-state index contributed by atoms with van der Waals surface area (Å²) in [4.78, 5) is 38.7. The number of carbonyl (C=O) groups excluding carboxylic acids is 2. The van der Waals surface area contributed by atoms with Gasteiger partial charge in [-0.15, -0.1) is 11.8 Å². The van der Waals surface area contributed by atoms with E-state index < -0.39 is 11.4 Å². The molecule has 1 heterocycles. The Morgan fingerprint density at radius 3 is 2.78 bits per heavy atom. The lowest BCUT2D eigenvalue weighted by molar-refractivity contribution is -0.150. The van der Waals surface area contributed by atoms with Crippen LogP contribution < -0.4 is 5.32 Å². The summed E-state index contributed by atoms with van der Waals surface area (Å²) in [6, 6.07) is 7.12. The van der Waals surface area contributed by atoms with Crippen molar-refractivity contribution in [2.45, 2.75) is 24.7 Å². The van der Waals surface area contributed by atoms with Gasteiger partial charge in [-0.2, -0.15) is 0 Å². The van der Waals surface area contributed by atoms with Crippen molar-refractivity contribution in [2.24, 2.45) is 5.41 Å². The zero-order valence-electron chi connectivity index (χ0n) is 15.7. The van der Waals surface area contributed by atoms with Crippen molar-refractivity contribution in [1.29, 1.82) is 0 Å². The van der Waals surface area contributed by atoms with Crippen molar-refractivity contribution in [1.82, 2.24) is 10.2 Å². The largest absolute Gasteiger partial charge is 0.481 e. The molecule has 1 saturated heterocycles. The minimum absolute atomic E-state index is 0.129. The summed E-state index contributed by atoms with van der Waals surface area (Å²) < 4.78 is 4.89. The molecule has 8 heteroatoms. The number of rotatable bonds is 8. The first-order valence-electron chi connectivity index (χ1n) is 8.87. The van der Waals surface area contributed by atoms with E-state index in [4.69, 9.17) is 4.74 Å². The first kappa shape index (κ1) is 21.2. The first-order chi connectivity index (χ1) is 12.9. The number of carbonyl (C=O) groups is 3. The van der Waals surface area contributed by atoms with Crippen molar-refractivity contribution in [3.8, 4) is 0 Å². The maximum atomic E-state index is 13.0. The number of thioether (sulfide) groups is 1. The molecule has 0 saturated carbocycles. The number of piperidine rings is 1. The number of nitrogens with zero attached hydrogens (tertiary/aromatic N) is 1. The van der Waals surface area contributed by atoms with E-state index in [1.165, 1.54) is 11.8 Å². The van der Waals surface area contributed by atoms with Crippen LogP contribution in [-0.4, -0.2) is 66.9 Å². The summed E-state index contributed by atoms with van der Waals surface area (Å²) in [5.41, 5.74) is -0.418. The standard InChI is InChI=1S/C19H26N2O5S/c1-19(18(24)25)8-5-10-21(13-19)17(23)14-6-3-4-7-15(14)27-12-16(22)20-9-11-26-2/h3-4,6-7H,5,8-13H2,1-2H3,(H,20,22)(H,24,25). The third-order valence-corrected chi connectivity index (χ3v) is 5.68. The van der Waals surface area contributed by atoms with Crippen LogP contribution in [0.15, 0.2) is 29.2 Å². The monoisotopic (exact) mass is 394 g/mol. The predicted octanol–water partition coefficient (Wildman–Crippen LogP) is 1.87. The SMILES string of the molecule is COCCNC(=O)CSc1ccccc1C(=O)N1CCCC(C)(C(=O)O)C1. The molecule has 1 fully saturated rings. The second-order valence-electron chi connectivity index (χ2n) is 6.82. The number of benzene rings is 1. The van der Waals surface area contributed by atoms with Gasteiger partial charge in [0.15, 0.2) is 0 Å². The van der Waals surface area contributed by atoms with Crippen LogP contribution in [0.4, 0.5) is 0 Å². The zero-order valence-corrected chi connectivity index (χ0v) is 16.5. The fourth-order valence-electron chi connectivity index (χ4n) is 3.01. The molecule has 148 valence electrons. The number of methoxy groups -OCH3 is 1. The Morgan fingerprint density at radius 1 is 1.33 bits per heavy atom. The maximum Gasteiger partial charge on any atom is 0.311 e. The van der Waals surface area contributed by atoms with Gasteiger partial charge in [0.05, 0.1) is 23.3 Å². The highest BCUT2D eigenvalue weighted by atomic mass is 32.2. The Balaban J connectivity index is 2.04. The number of hydrogen-bond donors (Lipinski definition) is 2. The highest BCUT2D eigenvalue weighted by molar-refractivity contribution is 8.00. The molecule has 0 aromatic heterocycles. The van der Waals surface area contributed by atoms with Crippen molar-refractivity contribution in [3.63, 3.8) is 0 Å². The third kappa shape index (κ3) is 5.71. The number of aliphatic carboxylic acids is 1. The van der Waals surface area contributed by atoms with Crippen molar-refractivity contribution >= 4 is 29.5 Å². The topological polar surface area (TPSA) is 95.9 Å². The van der Waals surface area contributed by atoms with Gasteiger partial charge in [0.25, 0.3) is 5.91 Å². The molecule has 1 unspecified atom stereocenters. The molecule has 0 spiro atoms. The Morgan fingerprint density at radius 2 is 2.07 bits per heavy atom. The van der Waals surface area contributed by atoms with Gasteiger partial charge in [0, 0.05) is 31.6 Å². The lowest BCUT2D eigenvalue weighted by Crippen LogP contribution is -2.48. The fourth-order valence-corrected chi connectivity index (χ4v) is 3.89. The second-order valence-corrected chi connectivity index (χ2v) is 7.84. The molecular formula is C19H26N2O5S. The highest BCUT2D eigenvalue weighted by Gasteiger charge is 2.39. The van der Waals surface area contributed by atoms with Crippen LogP contribution in [0.25, 0.3) is 0 Å². The van der Waals surface area contributed by atoms with E-state index in [0.717, 1.165) is 0 Å². The molecule has 1 aliphatic heterocycles. The van der Waals surface area contributed by atoms with Crippen LogP contribution in [0.5, 0.6) is 0 Å². The molecule has 1 aromatic rings. The summed E-state index contributed by atoms with van der Waals surface area (Å²) in [5, 5.41) is 12.2. The molecule has 1 atom stereocenters. The molecule has 0 bridgehead atoms. The lowest BCUT2D eigenvalue weighted by atomic mass is 9.82. The van der Waals surface area contributed by atoms with Gasteiger partial charge >= 0.3 is 5.97 Å². The van der Waals surface area contributed by atoms with Gasteiger partial charge in [-0.1, -0.05) is 12.1 Å².